The van der Waals surface area contributed by atoms with Crippen molar-refractivity contribution in [2.24, 2.45) is 0 Å². The number of nitrogens with one attached hydrogen (secondary N) is 1. The number of sulfonamides is 1. The highest BCUT2D eigenvalue weighted by atomic mass is 35.5. The molecule has 0 bridgehead atoms. The van der Waals surface area contributed by atoms with Gasteiger partial charge >= 0.3 is 0 Å². The number of benzene rings is 3. The monoisotopic (exact) mass is 617 g/mol. The maximum Gasteiger partial charge on any atom is 0.264 e. The van der Waals surface area contributed by atoms with Crippen molar-refractivity contribution in [3.05, 3.63) is 94.0 Å². The van der Waals surface area contributed by atoms with Crippen LogP contribution in [0.3, 0.4) is 0 Å². The summed E-state index contributed by atoms with van der Waals surface area (Å²) in [7, 11) is -4.14. The number of aryl methyl sites for hydroxylation is 1. The molecule has 3 aromatic carbocycles. The lowest BCUT2D eigenvalue weighted by Gasteiger charge is -2.35. The molecule has 2 amide bonds. The summed E-state index contributed by atoms with van der Waals surface area (Å²) < 4.78 is 28.9. The molecule has 0 radical (unpaired) electrons. The van der Waals surface area contributed by atoms with E-state index in [0.29, 0.717) is 21.3 Å². The van der Waals surface area contributed by atoms with Crippen LogP contribution in [0.15, 0.2) is 77.7 Å². The number of halogens is 2. The molecule has 1 unspecified atom stereocenters. The Hall–Kier alpha value is -3.07. The van der Waals surface area contributed by atoms with E-state index in [2.05, 4.69) is 5.32 Å². The van der Waals surface area contributed by atoms with Gasteiger partial charge in [-0.3, -0.25) is 13.9 Å². The van der Waals surface area contributed by atoms with Crippen LogP contribution in [-0.4, -0.2) is 43.3 Å². The average Bonchev–Trinajstić information content (AvgIpc) is 2.92. The minimum absolute atomic E-state index is 0.0468. The smallest absolute Gasteiger partial charge is 0.264 e. The second-order valence-electron chi connectivity index (χ2n) is 10.7. The molecule has 0 saturated heterocycles. The maximum atomic E-state index is 14.2. The molecule has 220 valence electrons. The molecule has 7 nitrogen and oxygen atoms in total. The van der Waals surface area contributed by atoms with Crippen molar-refractivity contribution in [3.63, 3.8) is 0 Å². The third-order valence-electron chi connectivity index (χ3n) is 6.52. The number of rotatable bonds is 11. The third-order valence-corrected chi connectivity index (χ3v) is 9.01. The van der Waals surface area contributed by atoms with Crippen LogP contribution in [0.5, 0.6) is 0 Å². The van der Waals surface area contributed by atoms with Gasteiger partial charge in [0.2, 0.25) is 11.8 Å². The van der Waals surface area contributed by atoms with Crippen LogP contribution in [0.25, 0.3) is 0 Å². The summed E-state index contributed by atoms with van der Waals surface area (Å²) in [4.78, 5) is 29.0. The first-order valence-electron chi connectivity index (χ1n) is 13.5. The highest BCUT2D eigenvalue weighted by molar-refractivity contribution is 7.92. The fourth-order valence-corrected chi connectivity index (χ4v) is 6.32. The van der Waals surface area contributed by atoms with E-state index < -0.39 is 34.1 Å². The predicted octanol–water partition coefficient (Wildman–Crippen LogP) is 6.47. The fourth-order valence-electron chi connectivity index (χ4n) is 4.37. The van der Waals surface area contributed by atoms with Crippen LogP contribution in [-0.2, 0) is 32.6 Å². The second-order valence-corrected chi connectivity index (χ2v) is 13.4. The molecule has 1 atom stereocenters. The molecular weight excluding hydrogens is 581 g/mol. The molecular formula is C31H37Cl2N3O4S. The van der Waals surface area contributed by atoms with Crippen LogP contribution in [0.2, 0.25) is 10.0 Å². The highest BCUT2D eigenvalue weighted by Crippen LogP contribution is 2.29. The van der Waals surface area contributed by atoms with Crippen molar-refractivity contribution >= 4 is 50.7 Å². The SMILES string of the molecule is CCc1ccc(N(CC(=O)N(Cc2c(Cl)cccc2Cl)C(CC)C(=O)NC(C)(C)C)S(=O)(=O)c2ccccc2)cc1. The standard InChI is InChI=1S/C31H37Cl2N3O4S/c1-6-22-16-18-23(19-17-22)36(41(39,40)24-12-9-8-10-13-24)21-29(37)35(20-25-26(32)14-11-15-27(25)33)28(7-2)30(38)34-31(3,4)5/h8-19,28H,6-7,20-21H2,1-5H3,(H,34,38). The minimum Gasteiger partial charge on any atom is -0.350 e. The highest BCUT2D eigenvalue weighted by Gasteiger charge is 2.35. The summed E-state index contributed by atoms with van der Waals surface area (Å²) in [5.41, 5.74) is 1.28. The van der Waals surface area contributed by atoms with Crippen LogP contribution in [0.1, 0.15) is 52.2 Å². The zero-order valence-corrected chi connectivity index (χ0v) is 26.4. The molecule has 10 heteroatoms. The molecule has 1 N–H and O–H groups in total. The summed E-state index contributed by atoms with van der Waals surface area (Å²) in [6.07, 6.45) is 1.06. The first kappa shape index (κ1) is 32.4. The fraction of sp³-hybridized carbons (Fsp3) is 0.355. The van der Waals surface area contributed by atoms with Gasteiger partial charge in [0.25, 0.3) is 10.0 Å². The van der Waals surface area contributed by atoms with E-state index in [-0.39, 0.29) is 23.8 Å². The number of anilines is 1. The molecule has 0 aromatic heterocycles. The van der Waals surface area contributed by atoms with E-state index in [4.69, 9.17) is 23.2 Å². The Morgan fingerprint density at radius 3 is 1.98 bits per heavy atom. The summed E-state index contributed by atoms with van der Waals surface area (Å²) in [5, 5.41) is 3.62. The summed E-state index contributed by atoms with van der Waals surface area (Å²) in [5.74, 6) is -0.933. The summed E-state index contributed by atoms with van der Waals surface area (Å²) in [6, 6.07) is 19.1. The van der Waals surface area contributed by atoms with E-state index in [1.54, 1.807) is 55.5 Å². The molecule has 0 saturated carbocycles. The van der Waals surface area contributed by atoms with Gasteiger partial charge in [-0.25, -0.2) is 8.42 Å². The summed E-state index contributed by atoms with van der Waals surface area (Å²) in [6.45, 7) is 8.73. The Labute approximate surface area is 253 Å². The topological polar surface area (TPSA) is 86.8 Å². The number of amides is 2. The molecule has 3 aromatic rings. The molecule has 0 aliphatic heterocycles. The van der Waals surface area contributed by atoms with Gasteiger partial charge in [0.15, 0.2) is 0 Å². The Morgan fingerprint density at radius 2 is 1.46 bits per heavy atom. The predicted molar refractivity (Wildman–Crippen MR) is 166 cm³/mol. The lowest BCUT2D eigenvalue weighted by atomic mass is 10.1. The average molecular weight is 619 g/mol. The lowest BCUT2D eigenvalue weighted by Crippen LogP contribution is -2.55. The minimum atomic E-state index is -4.14. The van der Waals surface area contributed by atoms with E-state index >= 15 is 0 Å². The largest absolute Gasteiger partial charge is 0.350 e. The molecule has 3 rings (SSSR count). The number of hydrogen-bond acceptors (Lipinski definition) is 4. The molecule has 0 spiro atoms. The van der Waals surface area contributed by atoms with Crippen molar-refractivity contribution in [1.82, 2.24) is 10.2 Å². The first-order chi connectivity index (χ1) is 19.3. The molecule has 0 heterocycles. The van der Waals surface area contributed by atoms with Gasteiger partial charge in [-0.1, -0.05) is 73.4 Å². The number of carbonyl (C=O) groups is 2. The Morgan fingerprint density at radius 1 is 0.878 bits per heavy atom. The van der Waals surface area contributed by atoms with E-state index in [9.17, 15) is 18.0 Å². The second kappa shape index (κ2) is 13.7. The third kappa shape index (κ3) is 8.24. The van der Waals surface area contributed by atoms with E-state index in [1.807, 2.05) is 39.8 Å². The van der Waals surface area contributed by atoms with Crippen LogP contribution in [0, 0.1) is 0 Å². The van der Waals surface area contributed by atoms with Gasteiger partial charge in [-0.05, 0) is 75.6 Å². The number of carbonyl (C=O) groups excluding carboxylic acids is 2. The lowest BCUT2D eigenvalue weighted by molar-refractivity contribution is -0.141. The van der Waals surface area contributed by atoms with Crippen LogP contribution in [0.4, 0.5) is 5.69 Å². The molecule has 0 aliphatic rings. The Balaban J connectivity index is 2.10. The van der Waals surface area contributed by atoms with Crippen molar-refractivity contribution < 1.29 is 18.0 Å². The number of hydrogen-bond donors (Lipinski definition) is 1. The van der Waals surface area contributed by atoms with Crippen LogP contribution < -0.4 is 9.62 Å². The van der Waals surface area contributed by atoms with Crippen LogP contribution >= 0.6 is 23.2 Å². The molecule has 0 fully saturated rings. The zero-order valence-electron chi connectivity index (χ0n) is 24.0. The van der Waals surface area contributed by atoms with E-state index in [0.717, 1.165) is 16.3 Å². The quantitative estimate of drug-likeness (QED) is 0.267. The summed E-state index contributed by atoms with van der Waals surface area (Å²) >= 11 is 12.9. The van der Waals surface area contributed by atoms with E-state index in [1.165, 1.54) is 17.0 Å². The molecule has 41 heavy (non-hydrogen) atoms. The van der Waals surface area contributed by atoms with Gasteiger partial charge in [0.05, 0.1) is 10.6 Å². The normalized spacial score (nSPS) is 12.5. The van der Waals surface area contributed by atoms with Gasteiger partial charge in [-0.15, -0.1) is 0 Å². The number of nitrogens with zero attached hydrogens (tertiary/aromatic N) is 2. The van der Waals surface area contributed by atoms with Gasteiger partial charge in [0.1, 0.15) is 12.6 Å². The Bertz CT molecular complexity index is 1440. The van der Waals surface area contributed by atoms with Crippen molar-refractivity contribution in [2.45, 2.75) is 70.5 Å². The van der Waals surface area contributed by atoms with Crippen molar-refractivity contribution in [2.75, 3.05) is 10.8 Å². The molecule has 0 aliphatic carbocycles. The van der Waals surface area contributed by atoms with Crippen molar-refractivity contribution in [3.8, 4) is 0 Å². The first-order valence-corrected chi connectivity index (χ1v) is 15.7. The zero-order chi connectivity index (χ0) is 30.4. The maximum absolute atomic E-state index is 14.2. The Kier molecular flexibility index (Phi) is 10.9. The van der Waals surface area contributed by atoms with Gasteiger partial charge < -0.3 is 10.2 Å². The van der Waals surface area contributed by atoms with Gasteiger partial charge in [0, 0.05) is 27.7 Å². The van der Waals surface area contributed by atoms with Gasteiger partial charge in [-0.2, -0.15) is 0 Å². The van der Waals surface area contributed by atoms with Crippen molar-refractivity contribution in [1.29, 1.82) is 0 Å².